The zero-order valence-electron chi connectivity index (χ0n) is 10.1. The highest BCUT2D eigenvalue weighted by Gasteiger charge is 2.22. The molecule has 2 nitrogen and oxygen atoms in total. The van der Waals surface area contributed by atoms with Crippen LogP contribution in [0.15, 0.2) is 24.3 Å². The predicted octanol–water partition coefficient (Wildman–Crippen LogP) is 2.65. The molecule has 0 aliphatic carbocycles. The zero-order chi connectivity index (χ0) is 13.0. The number of halogens is 3. The predicted molar refractivity (Wildman–Crippen MR) is 65.6 cm³/mol. The topological polar surface area (TPSA) is 15.3 Å². The lowest BCUT2D eigenvalue weighted by Crippen LogP contribution is -2.47. The Morgan fingerprint density at radius 3 is 2.83 bits per heavy atom. The number of hydrogen-bond acceptors (Lipinski definition) is 2. The van der Waals surface area contributed by atoms with Gasteiger partial charge in [-0.1, -0.05) is 12.1 Å². The van der Waals surface area contributed by atoms with E-state index in [-0.39, 0.29) is 18.4 Å². The highest BCUT2D eigenvalue weighted by atomic mass is 19.3. The van der Waals surface area contributed by atoms with E-state index < -0.39 is 6.43 Å². The molecule has 5 heteroatoms. The number of nitrogens with zero attached hydrogens (tertiary/aromatic N) is 1. The lowest BCUT2D eigenvalue weighted by Gasteiger charge is -2.35. The first kappa shape index (κ1) is 13.2. The summed E-state index contributed by atoms with van der Waals surface area (Å²) in [6.45, 7) is 1.05. The van der Waals surface area contributed by atoms with Gasteiger partial charge in [0, 0.05) is 19.1 Å². The van der Waals surface area contributed by atoms with Gasteiger partial charge in [0.25, 0.3) is 6.43 Å². The Balaban J connectivity index is 1.96. The maximum Gasteiger partial charge on any atom is 0.250 e. The Hall–Kier alpha value is -1.23. The first-order chi connectivity index (χ1) is 8.66. The van der Waals surface area contributed by atoms with Gasteiger partial charge < -0.3 is 10.2 Å². The summed E-state index contributed by atoms with van der Waals surface area (Å²) in [6.07, 6.45) is -0.596. The molecule has 1 saturated heterocycles. The van der Waals surface area contributed by atoms with Crippen LogP contribution in [-0.2, 0) is 0 Å². The summed E-state index contributed by atoms with van der Waals surface area (Å²) in [5.74, 6) is -0.257. The van der Waals surface area contributed by atoms with E-state index in [0.717, 1.165) is 19.4 Å². The number of rotatable bonds is 4. The molecule has 100 valence electrons. The molecule has 0 bridgehead atoms. The molecule has 1 unspecified atom stereocenters. The third-order valence-corrected chi connectivity index (χ3v) is 3.18. The first-order valence-electron chi connectivity index (χ1n) is 6.18. The largest absolute Gasteiger partial charge is 0.368 e. The van der Waals surface area contributed by atoms with Crippen molar-refractivity contribution in [1.82, 2.24) is 5.32 Å². The molecule has 0 amide bonds. The molecule has 18 heavy (non-hydrogen) atoms. The second-order valence-corrected chi connectivity index (χ2v) is 4.54. The van der Waals surface area contributed by atoms with Crippen LogP contribution >= 0.6 is 0 Å². The maximum atomic E-state index is 13.6. The Morgan fingerprint density at radius 1 is 1.33 bits per heavy atom. The van der Waals surface area contributed by atoms with E-state index >= 15 is 0 Å². The summed E-state index contributed by atoms with van der Waals surface area (Å²) in [5, 5.41) is 2.83. The minimum Gasteiger partial charge on any atom is -0.368 e. The van der Waals surface area contributed by atoms with E-state index in [1.165, 1.54) is 6.07 Å². The molecule has 1 aliphatic heterocycles. The van der Waals surface area contributed by atoms with Gasteiger partial charge in [-0.05, 0) is 25.0 Å². The standard InChI is InChI=1S/C13H17F3N2/c14-11-5-1-2-6-12(11)18-7-3-4-10(9-18)17-8-13(15)16/h1-2,5-6,10,13,17H,3-4,7-9H2. The van der Waals surface area contributed by atoms with Crippen molar-refractivity contribution < 1.29 is 13.2 Å². The van der Waals surface area contributed by atoms with Crippen LogP contribution < -0.4 is 10.2 Å². The molecule has 0 radical (unpaired) electrons. The average Bonchev–Trinajstić information content (AvgIpc) is 2.37. The van der Waals surface area contributed by atoms with Crippen molar-refractivity contribution in [2.45, 2.75) is 25.3 Å². The SMILES string of the molecule is Fc1ccccc1N1CCCC(NCC(F)F)C1. The van der Waals surface area contributed by atoms with Gasteiger partial charge in [-0.25, -0.2) is 13.2 Å². The number of para-hydroxylation sites is 1. The highest BCUT2D eigenvalue weighted by molar-refractivity contribution is 5.48. The lowest BCUT2D eigenvalue weighted by atomic mass is 10.0. The van der Waals surface area contributed by atoms with Crippen molar-refractivity contribution in [2.24, 2.45) is 0 Å². The third-order valence-electron chi connectivity index (χ3n) is 3.18. The molecular weight excluding hydrogens is 241 g/mol. The molecule has 2 rings (SSSR count). The van der Waals surface area contributed by atoms with Gasteiger partial charge in [-0.3, -0.25) is 0 Å². The fraction of sp³-hybridized carbons (Fsp3) is 0.538. The Kier molecular flexibility index (Phi) is 4.47. The molecule has 0 aromatic heterocycles. The van der Waals surface area contributed by atoms with E-state index in [1.807, 2.05) is 4.90 Å². The molecule has 1 aromatic carbocycles. The van der Waals surface area contributed by atoms with Gasteiger partial charge in [0.15, 0.2) is 0 Å². The van der Waals surface area contributed by atoms with Crippen molar-refractivity contribution in [3.63, 3.8) is 0 Å². The maximum absolute atomic E-state index is 13.6. The number of anilines is 1. The number of piperidine rings is 1. The van der Waals surface area contributed by atoms with Gasteiger partial charge in [-0.2, -0.15) is 0 Å². The molecule has 1 N–H and O–H groups in total. The van der Waals surface area contributed by atoms with E-state index in [1.54, 1.807) is 18.2 Å². The van der Waals surface area contributed by atoms with Crippen molar-refractivity contribution in [3.05, 3.63) is 30.1 Å². The Bertz CT molecular complexity index is 384. The normalized spacial score (nSPS) is 20.4. The summed E-state index contributed by atoms with van der Waals surface area (Å²) in [4.78, 5) is 1.92. The molecule has 1 aliphatic rings. The molecule has 1 atom stereocenters. The Labute approximate surface area is 105 Å². The molecular formula is C13H17F3N2. The van der Waals surface area contributed by atoms with Crippen LogP contribution in [0.2, 0.25) is 0 Å². The average molecular weight is 258 g/mol. The van der Waals surface area contributed by atoms with Gasteiger partial charge in [0.05, 0.1) is 12.2 Å². The van der Waals surface area contributed by atoms with Gasteiger partial charge in [0.1, 0.15) is 5.82 Å². The van der Waals surface area contributed by atoms with Crippen LogP contribution in [0.25, 0.3) is 0 Å². The summed E-state index contributed by atoms with van der Waals surface area (Å²) < 4.78 is 37.9. The fourth-order valence-electron chi connectivity index (χ4n) is 2.33. The summed E-state index contributed by atoms with van der Waals surface area (Å²) in [7, 11) is 0. The monoisotopic (exact) mass is 258 g/mol. The van der Waals surface area contributed by atoms with Crippen LogP contribution in [0.5, 0.6) is 0 Å². The quantitative estimate of drug-likeness (QED) is 0.893. The molecule has 1 aromatic rings. The van der Waals surface area contributed by atoms with Crippen molar-refractivity contribution in [2.75, 3.05) is 24.5 Å². The van der Waals surface area contributed by atoms with Crippen LogP contribution in [0.4, 0.5) is 18.9 Å². The summed E-state index contributed by atoms with van der Waals surface area (Å²) in [5.41, 5.74) is 0.557. The molecule has 0 spiro atoms. The number of alkyl halides is 2. The van der Waals surface area contributed by atoms with Crippen molar-refractivity contribution in [3.8, 4) is 0 Å². The minimum absolute atomic E-state index is 0.00681. The molecule has 1 heterocycles. The molecule has 0 saturated carbocycles. The Morgan fingerprint density at radius 2 is 2.11 bits per heavy atom. The van der Waals surface area contributed by atoms with E-state index in [4.69, 9.17) is 0 Å². The van der Waals surface area contributed by atoms with Crippen LogP contribution in [0.1, 0.15) is 12.8 Å². The van der Waals surface area contributed by atoms with Crippen molar-refractivity contribution >= 4 is 5.69 Å². The summed E-state index contributed by atoms with van der Waals surface area (Å²) in [6, 6.07) is 6.59. The van der Waals surface area contributed by atoms with Gasteiger partial charge in [-0.15, -0.1) is 0 Å². The van der Waals surface area contributed by atoms with Gasteiger partial charge >= 0.3 is 0 Å². The van der Waals surface area contributed by atoms with E-state index in [0.29, 0.717) is 12.2 Å². The highest BCUT2D eigenvalue weighted by Crippen LogP contribution is 2.22. The third kappa shape index (κ3) is 3.38. The summed E-state index contributed by atoms with van der Waals surface area (Å²) >= 11 is 0. The van der Waals surface area contributed by atoms with E-state index in [2.05, 4.69) is 5.32 Å². The van der Waals surface area contributed by atoms with Crippen LogP contribution in [0, 0.1) is 5.82 Å². The second kappa shape index (κ2) is 6.09. The van der Waals surface area contributed by atoms with Crippen molar-refractivity contribution in [1.29, 1.82) is 0 Å². The number of benzene rings is 1. The van der Waals surface area contributed by atoms with Crippen LogP contribution in [0.3, 0.4) is 0 Å². The fourth-order valence-corrected chi connectivity index (χ4v) is 2.33. The smallest absolute Gasteiger partial charge is 0.250 e. The van der Waals surface area contributed by atoms with Gasteiger partial charge in [0.2, 0.25) is 0 Å². The van der Waals surface area contributed by atoms with Crippen LogP contribution in [-0.4, -0.2) is 32.1 Å². The zero-order valence-corrected chi connectivity index (χ0v) is 10.1. The lowest BCUT2D eigenvalue weighted by molar-refractivity contribution is 0.140. The molecule has 1 fully saturated rings. The number of hydrogen-bond donors (Lipinski definition) is 1. The second-order valence-electron chi connectivity index (χ2n) is 4.54. The minimum atomic E-state index is -2.34. The first-order valence-corrected chi connectivity index (χ1v) is 6.18. The van der Waals surface area contributed by atoms with E-state index in [9.17, 15) is 13.2 Å². The number of nitrogens with one attached hydrogen (secondary N) is 1.